The SMILES string of the molecule is Cc1ccc(S(=O)(=O)CI)c([N+](=O)[O-])c1. The van der Waals surface area contributed by atoms with E-state index in [9.17, 15) is 18.5 Å². The molecule has 0 aliphatic carbocycles. The zero-order valence-electron chi connectivity index (χ0n) is 7.81. The Bertz CT molecular complexity index is 497. The van der Waals surface area contributed by atoms with Crippen LogP contribution in [-0.2, 0) is 9.84 Å². The molecule has 0 aliphatic heterocycles. The van der Waals surface area contributed by atoms with Crippen LogP contribution in [-0.4, -0.2) is 17.1 Å². The maximum absolute atomic E-state index is 11.5. The van der Waals surface area contributed by atoms with Gasteiger partial charge in [-0.2, -0.15) is 0 Å². The number of hydrogen-bond acceptors (Lipinski definition) is 4. The van der Waals surface area contributed by atoms with Crippen molar-refractivity contribution in [3.63, 3.8) is 0 Å². The number of benzene rings is 1. The van der Waals surface area contributed by atoms with Crippen molar-refractivity contribution < 1.29 is 13.3 Å². The molecule has 7 heteroatoms. The van der Waals surface area contributed by atoms with Gasteiger partial charge in [0, 0.05) is 6.07 Å². The van der Waals surface area contributed by atoms with Crippen LogP contribution in [0, 0.1) is 17.0 Å². The van der Waals surface area contributed by atoms with E-state index in [4.69, 9.17) is 0 Å². The van der Waals surface area contributed by atoms with Crippen molar-refractivity contribution in [2.75, 3.05) is 3.76 Å². The summed E-state index contributed by atoms with van der Waals surface area (Å²) in [6, 6.07) is 4.09. The van der Waals surface area contributed by atoms with Crippen molar-refractivity contribution in [3.8, 4) is 0 Å². The van der Waals surface area contributed by atoms with Gasteiger partial charge in [-0.05, 0) is 18.6 Å². The van der Waals surface area contributed by atoms with Crippen LogP contribution in [0.15, 0.2) is 23.1 Å². The molecule has 0 aromatic heterocycles. The lowest BCUT2D eigenvalue weighted by Crippen LogP contribution is -2.05. The van der Waals surface area contributed by atoms with Gasteiger partial charge in [0.1, 0.15) is 8.66 Å². The van der Waals surface area contributed by atoms with Crippen LogP contribution in [0.4, 0.5) is 5.69 Å². The average molecular weight is 341 g/mol. The van der Waals surface area contributed by atoms with E-state index in [1.54, 1.807) is 35.6 Å². The molecule has 1 rings (SSSR count). The summed E-state index contributed by atoms with van der Waals surface area (Å²) in [5, 5.41) is 10.7. The van der Waals surface area contributed by atoms with Crippen LogP contribution in [0.25, 0.3) is 0 Å². The second-order valence-electron chi connectivity index (χ2n) is 2.95. The predicted octanol–water partition coefficient (Wildman–Crippen LogP) is 2.07. The predicted molar refractivity (Wildman–Crippen MR) is 63.9 cm³/mol. The highest BCUT2D eigenvalue weighted by molar-refractivity contribution is 14.1. The van der Waals surface area contributed by atoms with Crippen LogP contribution >= 0.6 is 22.6 Å². The fourth-order valence-electron chi connectivity index (χ4n) is 1.09. The largest absolute Gasteiger partial charge is 0.288 e. The fourth-order valence-corrected chi connectivity index (χ4v) is 2.94. The zero-order chi connectivity index (χ0) is 11.6. The van der Waals surface area contributed by atoms with Gasteiger partial charge >= 0.3 is 0 Å². The molecule has 0 heterocycles. The van der Waals surface area contributed by atoms with E-state index in [-0.39, 0.29) is 14.3 Å². The monoisotopic (exact) mass is 341 g/mol. The molecule has 82 valence electrons. The normalized spacial score (nSPS) is 11.3. The lowest BCUT2D eigenvalue weighted by atomic mass is 10.2. The molecule has 0 spiro atoms. The summed E-state index contributed by atoms with van der Waals surface area (Å²) in [4.78, 5) is 9.79. The minimum atomic E-state index is -3.55. The summed E-state index contributed by atoms with van der Waals surface area (Å²) >= 11 is 1.67. The molecule has 0 N–H and O–H groups in total. The lowest BCUT2D eigenvalue weighted by molar-refractivity contribution is -0.387. The fraction of sp³-hybridized carbons (Fsp3) is 0.250. The van der Waals surface area contributed by atoms with Crippen molar-refractivity contribution in [1.29, 1.82) is 0 Å². The van der Waals surface area contributed by atoms with Gasteiger partial charge in [-0.3, -0.25) is 10.1 Å². The standard InChI is InChI=1S/C8H8INO4S/c1-6-2-3-8(15(13,14)5-9)7(4-6)10(11)12/h2-4H,5H2,1H3. The molecule has 0 fully saturated rings. The second kappa shape index (κ2) is 4.44. The van der Waals surface area contributed by atoms with Crippen LogP contribution in [0.5, 0.6) is 0 Å². The quantitative estimate of drug-likeness (QED) is 0.365. The zero-order valence-corrected chi connectivity index (χ0v) is 10.8. The Balaban J connectivity index is 3.49. The highest BCUT2D eigenvalue weighted by Crippen LogP contribution is 2.26. The summed E-state index contributed by atoms with van der Waals surface area (Å²) in [5.74, 6) is 0. The number of hydrogen-bond donors (Lipinski definition) is 0. The molecule has 1 aromatic rings. The van der Waals surface area contributed by atoms with E-state index in [1.165, 1.54) is 12.1 Å². The minimum Gasteiger partial charge on any atom is -0.258 e. The number of nitro groups is 1. The van der Waals surface area contributed by atoms with Crippen molar-refractivity contribution >= 4 is 38.1 Å². The molecule has 0 saturated carbocycles. The minimum absolute atomic E-state index is 0.172. The molecule has 0 bridgehead atoms. The smallest absolute Gasteiger partial charge is 0.258 e. The number of nitro benzene ring substituents is 1. The molecule has 0 aliphatic rings. The Labute approximate surface area is 101 Å². The van der Waals surface area contributed by atoms with E-state index >= 15 is 0 Å². The van der Waals surface area contributed by atoms with E-state index in [2.05, 4.69) is 0 Å². The highest BCUT2D eigenvalue weighted by atomic mass is 127. The summed E-state index contributed by atoms with van der Waals surface area (Å²) in [6.07, 6.45) is 0. The Morgan fingerprint density at radius 3 is 2.53 bits per heavy atom. The lowest BCUT2D eigenvalue weighted by Gasteiger charge is -2.02. The number of sulfone groups is 1. The van der Waals surface area contributed by atoms with Crippen molar-refractivity contribution in [1.82, 2.24) is 0 Å². The number of aryl methyl sites for hydroxylation is 1. The molecule has 15 heavy (non-hydrogen) atoms. The summed E-state index contributed by atoms with van der Waals surface area (Å²) in [7, 11) is -3.55. The molecular formula is C8H8INO4S. The van der Waals surface area contributed by atoms with E-state index in [0.717, 1.165) is 0 Å². The van der Waals surface area contributed by atoms with Crippen molar-refractivity contribution in [2.24, 2.45) is 0 Å². The summed E-state index contributed by atoms with van der Waals surface area (Å²) in [6.45, 7) is 1.67. The highest BCUT2D eigenvalue weighted by Gasteiger charge is 2.24. The van der Waals surface area contributed by atoms with Crippen LogP contribution < -0.4 is 0 Å². The molecule has 5 nitrogen and oxygen atoms in total. The maximum atomic E-state index is 11.5. The Morgan fingerprint density at radius 2 is 2.07 bits per heavy atom. The van der Waals surface area contributed by atoms with Gasteiger partial charge in [0.05, 0.1) is 4.92 Å². The molecule has 0 radical (unpaired) electrons. The third-order valence-electron chi connectivity index (χ3n) is 1.79. The first-order valence-corrected chi connectivity index (χ1v) is 7.10. The van der Waals surface area contributed by atoms with E-state index in [0.29, 0.717) is 5.56 Å². The van der Waals surface area contributed by atoms with Gasteiger partial charge in [-0.1, -0.05) is 28.7 Å². The Kier molecular flexibility index (Phi) is 3.66. The Hall–Kier alpha value is -0.700. The van der Waals surface area contributed by atoms with Gasteiger partial charge in [0.15, 0.2) is 9.84 Å². The molecule has 1 aromatic carbocycles. The van der Waals surface area contributed by atoms with Crippen LogP contribution in [0.1, 0.15) is 5.56 Å². The third kappa shape index (κ3) is 2.65. The van der Waals surface area contributed by atoms with Crippen LogP contribution in [0.3, 0.4) is 0 Å². The number of alkyl halides is 1. The topological polar surface area (TPSA) is 77.3 Å². The number of nitrogens with zero attached hydrogens (tertiary/aromatic N) is 1. The average Bonchev–Trinajstić information content (AvgIpc) is 2.17. The van der Waals surface area contributed by atoms with Gasteiger partial charge in [-0.25, -0.2) is 8.42 Å². The third-order valence-corrected chi connectivity index (χ3v) is 5.55. The Morgan fingerprint density at radius 1 is 1.47 bits per heavy atom. The first-order valence-electron chi connectivity index (χ1n) is 3.92. The molecule has 0 atom stereocenters. The van der Waals surface area contributed by atoms with Gasteiger partial charge in [0.25, 0.3) is 5.69 Å². The van der Waals surface area contributed by atoms with E-state index in [1.807, 2.05) is 0 Å². The van der Waals surface area contributed by atoms with Crippen molar-refractivity contribution in [2.45, 2.75) is 11.8 Å². The number of halogens is 1. The van der Waals surface area contributed by atoms with Crippen molar-refractivity contribution in [3.05, 3.63) is 33.9 Å². The summed E-state index contributed by atoms with van der Waals surface area (Å²) < 4.78 is 22.9. The first kappa shape index (κ1) is 12.4. The molecule has 0 saturated heterocycles. The second-order valence-corrected chi connectivity index (χ2v) is 6.71. The summed E-state index contributed by atoms with van der Waals surface area (Å²) in [5.41, 5.74) is 0.306. The van der Waals surface area contributed by atoms with E-state index < -0.39 is 14.8 Å². The van der Waals surface area contributed by atoms with Gasteiger partial charge < -0.3 is 0 Å². The molecular weight excluding hydrogens is 333 g/mol. The maximum Gasteiger partial charge on any atom is 0.288 e. The van der Waals surface area contributed by atoms with Crippen LogP contribution in [0.2, 0.25) is 0 Å². The molecule has 0 unspecified atom stereocenters. The van der Waals surface area contributed by atoms with Gasteiger partial charge in [-0.15, -0.1) is 0 Å². The van der Waals surface area contributed by atoms with Gasteiger partial charge in [0.2, 0.25) is 0 Å². The first-order chi connectivity index (χ1) is 6.88. The molecule has 0 amide bonds. The number of rotatable bonds is 3.